The van der Waals surface area contributed by atoms with Gasteiger partial charge in [-0.1, -0.05) is 35.5 Å². The molecule has 0 spiro atoms. The molecular formula is C15H20N4O. The van der Waals surface area contributed by atoms with Gasteiger partial charge in [-0.15, -0.1) is 0 Å². The van der Waals surface area contributed by atoms with Crippen molar-refractivity contribution in [3.63, 3.8) is 0 Å². The van der Waals surface area contributed by atoms with Gasteiger partial charge in [0.2, 0.25) is 5.89 Å². The molecule has 0 aliphatic heterocycles. The number of benzene rings is 1. The van der Waals surface area contributed by atoms with Gasteiger partial charge in [0.25, 0.3) is 0 Å². The highest BCUT2D eigenvalue weighted by Gasteiger charge is 2.38. The van der Waals surface area contributed by atoms with Gasteiger partial charge < -0.3 is 10.3 Å². The molecule has 1 aromatic heterocycles. The van der Waals surface area contributed by atoms with E-state index in [1.807, 2.05) is 25.2 Å². The number of nitrogens with zero attached hydrogens (tertiary/aromatic N) is 3. The summed E-state index contributed by atoms with van der Waals surface area (Å²) in [6.45, 7) is 1.49. The Morgan fingerprint density at radius 1 is 1.25 bits per heavy atom. The zero-order chi connectivity index (χ0) is 14.0. The molecule has 0 atom stereocenters. The maximum absolute atomic E-state index is 6.19. The van der Waals surface area contributed by atoms with E-state index >= 15 is 0 Å². The summed E-state index contributed by atoms with van der Waals surface area (Å²) < 4.78 is 5.31. The zero-order valence-corrected chi connectivity index (χ0v) is 11.7. The molecule has 0 saturated heterocycles. The summed E-state index contributed by atoms with van der Waals surface area (Å²) in [5.41, 5.74) is 7.11. The summed E-state index contributed by atoms with van der Waals surface area (Å²) in [6, 6.07) is 10.3. The van der Waals surface area contributed by atoms with Crippen LogP contribution < -0.4 is 5.73 Å². The van der Waals surface area contributed by atoms with Gasteiger partial charge >= 0.3 is 0 Å². The molecule has 1 saturated carbocycles. The fourth-order valence-corrected chi connectivity index (χ4v) is 2.48. The van der Waals surface area contributed by atoms with Gasteiger partial charge in [-0.3, -0.25) is 4.90 Å². The smallest absolute Gasteiger partial charge is 0.240 e. The largest absolute Gasteiger partial charge is 0.338 e. The Bertz CT molecular complexity index is 562. The summed E-state index contributed by atoms with van der Waals surface area (Å²) >= 11 is 0. The summed E-state index contributed by atoms with van der Waals surface area (Å²) in [6.07, 6.45) is 3.05. The van der Waals surface area contributed by atoms with Gasteiger partial charge in [0.1, 0.15) is 0 Å². The van der Waals surface area contributed by atoms with Crippen LogP contribution in [0.25, 0.3) is 0 Å². The minimum Gasteiger partial charge on any atom is -0.338 e. The topological polar surface area (TPSA) is 68.2 Å². The highest BCUT2D eigenvalue weighted by atomic mass is 16.5. The van der Waals surface area contributed by atoms with Crippen molar-refractivity contribution in [3.05, 3.63) is 47.6 Å². The van der Waals surface area contributed by atoms with Crippen molar-refractivity contribution in [2.45, 2.75) is 37.9 Å². The second-order valence-corrected chi connectivity index (χ2v) is 5.68. The second kappa shape index (κ2) is 5.34. The minimum absolute atomic E-state index is 0.347. The molecule has 1 heterocycles. The standard InChI is InChI=1S/C15H20N4O/c1-19(10-12-6-3-2-4-7-12)11-13-17-14(18-20-13)15(16)8-5-9-15/h2-4,6-7H,5,8-11,16H2,1H3. The third-order valence-corrected chi connectivity index (χ3v) is 3.86. The lowest BCUT2D eigenvalue weighted by molar-refractivity contribution is 0.226. The molecule has 1 aliphatic carbocycles. The first kappa shape index (κ1) is 13.3. The van der Waals surface area contributed by atoms with Crippen LogP contribution in [-0.4, -0.2) is 22.1 Å². The normalized spacial score (nSPS) is 17.1. The molecule has 0 unspecified atom stereocenters. The van der Waals surface area contributed by atoms with E-state index in [2.05, 4.69) is 27.2 Å². The average Bonchev–Trinajstić information content (AvgIpc) is 2.85. The molecule has 1 fully saturated rings. The quantitative estimate of drug-likeness (QED) is 0.902. The number of aromatic nitrogens is 2. The molecule has 0 radical (unpaired) electrons. The van der Waals surface area contributed by atoms with Gasteiger partial charge in [-0.05, 0) is 31.9 Å². The SMILES string of the molecule is CN(Cc1ccccc1)Cc1nc(C2(N)CCC2)no1. The number of nitrogens with two attached hydrogens (primary N) is 1. The van der Waals surface area contributed by atoms with E-state index in [-0.39, 0.29) is 5.54 Å². The van der Waals surface area contributed by atoms with Crippen LogP contribution in [0.3, 0.4) is 0 Å². The van der Waals surface area contributed by atoms with E-state index in [0.717, 1.165) is 25.8 Å². The van der Waals surface area contributed by atoms with Crippen LogP contribution in [0.4, 0.5) is 0 Å². The van der Waals surface area contributed by atoms with E-state index in [4.69, 9.17) is 10.3 Å². The maximum atomic E-state index is 6.19. The van der Waals surface area contributed by atoms with E-state index in [0.29, 0.717) is 18.3 Å². The summed E-state index contributed by atoms with van der Waals surface area (Å²) in [4.78, 5) is 6.59. The lowest BCUT2D eigenvalue weighted by Gasteiger charge is -2.34. The van der Waals surface area contributed by atoms with Crippen LogP contribution in [0.5, 0.6) is 0 Å². The molecule has 106 valence electrons. The summed E-state index contributed by atoms with van der Waals surface area (Å²) in [5, 5.41) is 4.03. The molecule has 5 heteroatoms. The van der Waals surface area contributed by atoms with Crippen molar-refractivity contribution in [1.29, 1.82) is 0 Å². The molecule has 2 N–H and O–H groups in total. The van der Waals surface area contributed by atoms with Crippen LogP contribution in [0.1, 0.15) is 36.5 Å². The first-order valence-electron chi connectivity index (χ1n) is 7.00. The Labute approximate surface area is 118 Å². The number of hydrogen-bond donors (Lipinski definition) is 1. The Kier molecular flexibility index (Phi) is 3.54. The average molecular weight is 272 g/mol. The van der Waals surface area contributed by atoms with Gasteiger partial charge in [-0.2, -0.15) is 4.98 Å². The fraction of sp³-hybridized carbons (Fsp3) is 0.467. The molecule has 1 aromatic carbocycles. The van der Waals surface area contributed by atoms with Gasteiger partial charge in [0.15, 0.2) is 5.82 Å². The highest BCUT2D eigenvalue weighted by Crippen LogP contribution is 2.36. The van der Waals surface area contributed by atoms with Crippen molar-refractivity contribution in [3.8, 4) is 0 Å². The molecular weight excluding hydrogens is 252 g/mol. The van der Waals surface area contributed by atoms with Crippen molar-refractivity contribution < 1.29 is 4.52 Å². The highest BCUT2D eigenvalue weighted by molar-refractivity contribution is 5.14. The first-order valence-corrected chi connectivity index (χ1v) is 7.00. The van der Waals surface area contributed by atoms with Crippen LogP contribution in [0, 0.1) is 0 Å². The van der Waals surface area contributed by atoms with Crippen molar-refractivity contribution in [1.82, 2.24) is 15.0 Å². The van der Waals surface area contributed by atoms with Crippen LogP contribution in [0.15, 0.2) is 34.9 Å². The van der Waals surface area contributed by atoms with Gasteiger partial charge in [0.05, 0.1) is 12.1 Å². The van der Waals surface area contributed by atoms with Crippen LogP contribution >= 0.6 is 0 Å². The molecule has 2 aromatic rings. The predicted molar refractivity (Wildman–Crippen MR) is 75.6 cm³/mol. The van der Waals surface area contributed by atoms with Crippen molar-refractivity contribution >= 4 is 0 Å². The number of rotatable bonds is 5. The van der Waals surface area contributed by atoms with Gasteiger partial charge in [-0.25, -0.2) is 0 Å². The van der Waals surface area contributed by atoms with Crippen LogP contribution in [-0.2, 0) is 18.6 Å². The monoisotopic (exact) mass is 272 g/mol. The molecule has 20 heavy (non-hydrogen) atoms. The lowest BCUT2D eigenvalue weighted by Crippen LogP contribution is -2.44. The second-order valence-electron chi connectivity index (χ2n) is 5.68. The maximum Gasteiger partial charge on any atom is 0.240 e. The molecule has 0 bridgehead atoms. The predicted octanol–water partition coefficient (Wildman–Crippen LogP) is 2.04. The molecule has 5 nitrogen and oxygen atoms in total. The lowest BCUT2D eigenvalue weighted by atomic mass is 9.77. The third-order valence-electron chi connectivity index (χ3n) is 3.86. The Hall–Kier alpha value is -1.72. The van der Waals surface area contributed by atoms with E-state index in [9.17, 15) is 0 Å². The van der Waals surface area contributed by atoms with Crippen molar-refractivity contribution in [2.75, 3.05) is 7.05 Å². The van der Waals surface area contributed by atoms with Crippen LogP contribution in [0.2, 0.25) is 0 Å². The Morgan fingerprint density at radius 3 is 2.65 bits per heavy atom. The Balaban J connectivity index is 1.60. The zero-order valence-electron chi connectivity index (χ0n) is 11.7. The van der Waals surface area contributed by atoms with Crippen molar-refractivity contribution in [2.24, 2.45) is 5.73 Å². The van der Waals surface area contributed by atoms with E-state index in [1.165, 1.54) is 5.56 Å². The molecule has 0 amide bonds. The first-order chi connectivity index (χ1) is 9.66. The molecule has 1 aliphatic rings. The van der Waals surface area contributed by atoms with Gasteiger partial charge in [0, 0.05) is 6.54 Å². The third kappa shape index (κ3) is 2.73. The Morgan fingerprint density at radius 2 is 2.00 bits per heavy atom. The fourth-order valence-electron chi connectivity index (χ4n) is 2.48. The summed E-state index contributed by atoms with van der Waals surface area (Å²) in [5.74, 6) is 1.29. The minimum atomic E-state index is -0.347. The summed E-state index contributed by atoms with van der Waals surface area (Å²) in [7, 11) is 2.04. The number of hydrogen-bond acceptors (Lipinski definition) is 5. The van der Waals surface area contributed by atoms with E-state index < -0.39 is 0 Å². The van der Waals surface area contributed by atoms with E-state index in [1.54, 1.807) is 0 Å². The molecule has 3 rings (SSSR count).